The summed E-state index contributed by atoms with van der Waals surface area (Å²) in [5, 5.41) is 0. The summed E-state index contributed by atoms with van der Waals surface area (Å²) >= 11 is 1.69. The normalized spacial score (nSPS) is 11.1. The zero-order valence-electron chi connectivity index (χ0n) is 9.88. The lowest BCUT2D eigenvalue weighted by atomic mass is 10.2. The van der Waals surface area contributed by atoms with E-state index >= 15 is 0 Å². The number of halogens is 4. The minimum absolute atomic E-state index is 0.0732. The van der Waals surface area contributed by atoms with E-state index in [1.807, 2.05) is 0 Å². The number of carbonyl (C=O) groups is 1. The van der Waals surface area contributed by atoms with Gasteiger partial charge in [-0.3, -0.25) is 4.79 Å². The van der Waals surface area contributed by atoms with Crippen LogP contribution in [0.25, 0.3) is 0 Å². The lowest BCUT2D eigenvalue weighted by Crippen LogP contribution is -2.19. The maximum atomic E-state index is 12.1. The van der Waals surface area contributed by atoms with Gasteiger partial charge < -0.3 is 14.2 Å². The molecule has 0 unspecified atom stereocenters. The Bertz CT molecular complexity index is 479. The molecule has 5 nitrogen and oxygen atoms in total. The largest absolute Gasteiger partial charge is 0.574 e. The van der Waals surface area contributed by atoms with Crippen LogP contribution in [0.3, 0.4) is 0 Å². The van der Waals surface area contributed by atoms with E-state index in [-0.39, 0.29) is 15.9 Å². The summed E-state index contributed by atoms with van der Waals surface area (Å²) in [5.74, 6) is -1.13. The quantitative estimate of drug-likeness (QED) is 0.448. The van der Waals surface area contributed by atoms with E-state index in [0.29, 0.717) is 5.56 Å². The summed E-state index contributed by atoms with van der Waals surface area (Å²) in [5.41, 5.74) is 0.337. The van der Waals surface area contributed by atoms with Crippen LogP contribution in [0.5, 0.6) is 11.6 Å². The Morgan fingerprint density at radius 3 is 2.53 bits per heavy atom. The van der Waals surface area contributed by atoms with Crippen molar-refractivity contribution in [3.05, 3.63) is 15.3 Å². The number of carbonyl (C=O) groups excluding carboxylic acids is 1. The molecule has 1 heterocycles. The molecule has 106 valence electrons. The van der Waals surface area contributed by atoms with E-state index in [2.05, 4.69) is 14.5 Å². The minimum Gasteiger partial charge on any atom is -0.496 e. The molecule has 0 fully saturated rings. The van der Waals surface area contributed by atoms with Crippen LogP contribution in [-0.4, -0.2) is 31.5 Å². The lowest BCUT2D eigenvalue weighted by Gasteiger charge is -2.13. The first kappa shape index (κ1) is 15.8. The average Bonchev–Trinajstić information content (AvgIpc) is 2.29. The van der Waals surface area contributed by atoms with Crippen molar-refractivity contribution >= 4 is 28.6 Å². The SMILES string of the molecule is COC(=O)Cc1c(OC)cc(OC(F)(F)F)nc1I. The van der Waals surface area contributed by atoms with E-state index in [1.165, 1.54) is 14.2 Å². The highest BCUT2D eigenvalue weighted by atomic mass is 127. The van der Waals surface area contributed by atoms with Gasteiger partial charge in [0.1, 0.15) is 9.45 Å². The lowest BCUT2D eigenvalue weighted by molar-refractivity contribution is -0.276. The molecule has 1 rings (SSSR count). The molecule has 1 aromatic rings. The van der Waals surface area contributed by atoms with E-state index in [4.69, 9.17) is 4.74 Å². The zero-order chi connectivity index (χ0) is 14.6. The third kappa shape index (κ3) is 4.73. The van der Waals surface area contributed by atoms with Crippen LogP contribution in [0.15, 0.2) is 6.07 Å². The Morgan fingerprint density at radius 1 is 1.42 bits per heavy atom. The van der Waals surface area contributed by atoms with Crippen LogP contribution >= 0.6 is 22.6 Å². The van der Waals surface area contributed by atoms with Crippen molar-refractivity contribution in [2.45, 2.75) is 12.8 Å². The first-order valence-electron chi connectivity index (χ1n) is 4.82. The number of ether oxygens (including phenoxy) is 3. The molecule has 0 N–H and O–H groups in total. The molecular formula is C10H9F3INO4. The molecule has 0 aromatic carbocycles. The van der Waals surface area contributed by atoms with Crippen LogP contribution in [0.4, 0.5) is 13.2 Å². The van der Waals surface area contributed by atoms with Crippen LogP contribution in [0, 0.1) is 3.70 Å². The third-order valence-electron chi connectivity index (χ3n) is 2.00. The van der Waals surface area contributed by atoms with Gasteiger partial charge >= 0.3 is 12.3 Å². The van der Waals surface area contributed by atoms with Gasteiger partial charge in [0, 0.05) is 11.6 Å². The molecule has 0 aliphatic heterocycles. The standard InChI is InChI=1S/C10H9F3INO4/c1-17-6-4-7(19-10(11,12)13)15-9(14)5(6)3-8(16)18-2/h4H,3H2,1-2H3. The summed E-state index contributed by atoms with van der Waals surface area (Å²) in [6.07, 6.45) is -5.00. The summed E-state index contributed by atoms with van der Waals surface area (Å²) in [4.78, 5) is 14.8. The molecule has 0 radical (unpaired) electrons. The molecule has 0 aliphatic carbocycles. The molecule has 0 spiro atoms. The predicted octanol–water partition coefficient (Wildman–Crippen LogP) is 2.31. The Kier molecular flexibility index (Phi) is 5.20. The van der Waals surface area contributed by atoms with Crippen molar-refractivity contribution in [1.82, 2.24) is 4.98 Å². The molecule has 1 aromatic heterocycles. The number of nitrogens with zero attached hydrogens (tertiary/aromatic N) is 1. The number of pyridine rings is 1. The van der Waals surface area contributed by atoms with E-state index in [0.717, 1.165) is 6.07 Å². The highest BCUT2D eigenvalue weighted by molar-refractivity contribution is 14.1. The minimum atomic E-state index is -4.84. The summed E-state index contributed by atoms with van der Waals surface area (Å²) in [6.45, 7) is 0. The second-order valence-corrected chi connectivity index (χ2v) is 4.25. The average molecular weight is 391 g/mol. The number of methoxy groups -OCH3 is 2. The molecule has 19 heavy (non-hydrogen) atoms. The smallest absolute Gasteiger partial charge is 0.496 e. The van der Waals surface area contributed by atoms with Crippen LogP contribution in [0.2, 0.25) is 0 Å². The van der Waals surface area contributed by atoms with Gasteiger partial charge in [-0.2, -0.15) is 0 Å². The van der Waals surface area contributed by atoms with Gasteiger partial charge in [-0.25, -0.2) is 4.98 Å². The van der Waals surface area contributed by atoms with Gasteiger partial charge in [0.25, 0.3) is 0 Å². The first-order chi connectivity index (χ1) is 8.76. The van der Waals surface area contributed by atoms with Gasteiger partial charge in [-0.1, -0.05) is 0 Å². The van der Waals surface area contributed by atoms with Crippen molar-refractivity contribution in [3.63, 3.8) is 0 Å². The van der Waals surface area contributed by atoms with Crippen molar-refractivity contribution in [3.8, 4) is 11.6 Å². The Labute approximate surface area is 120 Å². The predicted molar refractivity (Wildman–Crippen MR) is 65.9 cm³/mol. The van der Waals surface area contributed by atoms with E-state index < -0.39 is 18.2 Å². The summed E-state index contributed by atoms with van der Waals surface area (Å²) < 4.78 is 49.6. The summed E-state index contributed by atoms with van der Waals surface area (Å²) in [6, 6.07) is 0.966. The van der Waals surface area contributed by atoms with Crippen molar-refractivity contribution in [2.24, 2.45) is 0 Å². The number of rotatable bonds is 4. The second-order valence-electron chi connectivity index (χ2n) is 3.23. The molecule has 0 atom stereocenters. The molecule has 0 aliphatic rings. The first-order valence-corrected chi connectivity index (χ1v) is 5.90. The van der Waals surface area contributed by atoms with Crippen LogP contribution in [0.1, 0.15) is 5.56 Å². The van der Waals surface area contributed by atoms with Gasteiger partial charge in [0.2, 0.25) is 5.88 Å². The third-order valence-corrected chi connectivity index (χ3v) is 2.89. The highest BCUT2D eigenvalue weighted by Crippen LogP contribution is 2.30. The fraction of sp³-hybridized carbons (Fsp3) is 0.400. The van der Waals surface area contributed by atoms with Crippen molar-refractivity contribution < 1.29 is 32.2 Å². The molecule has 0 bridgehead atoms. The maximum absolute atomic E-state index is 12.1. The topological polar surface area (TPSA) is 57.7 Å². The molecular weight excluding hydrogens is 382 g/mol. The van der Waals surface area contributed by atoms with Gasteiger partial charge in [-0.15, -0.1) is 13.2 Å². The molecule has 0 amide bonds. The molecule has 9 heteroatoms. The number of aromatic nitrogens is 1. The van der Waals surface area contributed by atoms with E-state index in [9.17, 15) is 18.0 Å². The Morgan fingerprint density at radius 2 is 2.05 bits per heavy atom. The fourth-order valence-corrected chi connectivity index (χ4v) is 1.92. The van der Waals surface area contributed by atoms with Crippen molar-refractivity contribution in [2.75, 3.05) is 14.2 Å². The Balaban J connectivity index is 3.11. The number of esters is 1. The number of hydrogen-bond acceptors (Lipinski definition) is 5. The number of hydrogen-bond donors (Lipinski definition) is 0. The molecule has 0 saturated heterocycles. The Hall–Kier alpha value is -1.26. The second kappa shape index (κ2) is 6.26. The maximum Gasteiger partial charge on any atom is 0.574 e. The summed E-state index contributed by atoms with van der Waals surface area (Å²) in [7, 11) is 2.47. The zero-order valence-corrected chi connectivity index (χ0v) is 12.0. The van der Waals surface area contributed by atoms with Gasteiger partial charge in [0.15, 0.2) is 0 Å². The monoisotopic (exact) mass is 391 g/mol. The van der Waals surface area contributed by atoms with Gasteiger partial charge in [0.05, 0.1) is 20.6 Å². The van der Waals surface area contributed by atoms with Crippen LogP contribution in [-0.2, 0) is 16.0 Å². The number of alkyl halides is 3. The molecule has 0 saturated carbocycles. The van der Waals surface area contributed by atoms with Gasteiger partial charge in [-0.05, 0) is 22.6 Å². The van der Waals surface area contributed by atoms with Crippen LogP contribution < -0.4 is 9.47 Å². The fourth-order valence-electron chi connectivity index (χ4n) is 1.23. The van der Waals surface area contributed by atoms with E-state index in [1.54, 1.807) is 22.6 Å². The van der Waals surface area contributed by atoms with Crippen molar-refractivity contribution in [1.29, 1.82) is 0 Å². The highest BCUT2D eigenvalue weighted by Gasteiger charge is 2.32.